The number of carbonyl (C=O) groups is 1. The van der Waals surface area contributed by atoms with E-state index < -0.39 is 0 Å². The van der Waals surface area contributed by atoms with Crippen LogP contribution in [-0.4, -0.2) is 45.7 Å². The van der Waals surface area contributed by atoms with Gasteiger partial charge in [0, 0.05) is 23.9 Å². The van der Waals surface area contributed by atoms with Crippen LogP contribution in [0.2, 0.25) is 0 Å². The molecule has 0 atom stereocenters. The van der Waals surface area contributed by atoms with E-state index in [0.717, 1.165) is 39.4 Å². The number of thiocarbonyl (C=S) groups is 1. The van der Waals surface area contributed by atoms with Crippen molar-refractivity contribution in [3.63, 3.8) is 0 Å². The second-order valence-corrected chi connectivity index (χ2v) is 12.0. The first kappa shape index (κ1) is 30.2. The molecule has 0 saturated carbocycles. The van der Waals surface area contributed by atoms with Crippen molar-refractivity contribution in [1.82, 2.24) is 14.7 Å². The summed E-state index contributed by atoms with van der Waals surface area (Å²) < 4.78 is 19.2. The number of aromatic nitrogens is 2. The van der Waals surface area contributed by atoms with Crippen LogP contribution < -0.4 is 14.2 Å². The fourth-order valence-corrected chi connectivity index (χ4v) is 6.31. The van der Waals surface area contributed by atoms with Gasteiger partial charge < -0.3 is 14.2 Å². The molecule has 5 aromatic rings. The largest absolute Gasteiger partial charge is 0.493 e. The average molecular weight is 634 g/mol. The molecule has 1 aliphatic heterocycles. The molecule has 0 aliphatic carbocycles. The van der Waals surface area contributed by atoms with Gasteiger partial charge in [-0.3, -0.25) is 9.69 Å². The topological polar surface area (TPSA) is 65.8 Å². The molecule has 45 heavy (non-hydrogen) atoms. The van der Waals surface area contributed by atoms with Gasteiger partial charge in [0.2, 0.25) is 0 Å². The Balaban J connectivity index is 1.27. The highest BCUT2D eigenvalue weighted by Crippen LogP contribution is 2.36. The fourth-order valence-electron chi connectivity index (χ4n) is 5.02. The number of rotatable bonds is 11. The highest BCUT2D eigenvalue weighted by atomic mass is 32.2. The Morgan fingerprint density at radius 1 is 0.844 bits per heavy atom. The molecular formula is C36H31N3O4S2. The Bertz CT molecular complexity index is 1860. The Labute approximate surface area is 272 Å². The lowest BCUT2D eigenvalue weighted by molar-refractivity contribution is -0.122. The zero-order valence-electron chi connectivity index (χ0n) is 24.9. The summed E-state index contributed by atoms with van der Waals surface area (Å²) >= 11 is 6.96. The molecule has 0 bridgehead atoms. The number of nitrogens with zero attached hydrogens (tertiary/aromatic N) is 3. The number of thioether (sulfide) groups is 1. The predicted molar refractivity (Wildman–Crippen MR) is 183 cm³/mol. The third-order valence-electron chi connectivity index (χ3n) is 7.35. The Kier molecular flexibility index (Phi) is 9.28. The van der Waals surface area contributed by atoms with E-state index in [4.69, 9.17) is 31.5 Å². The van der Waals surface area contributed by atoms with Gasteiger partial charge in [0.25, 0.3) is 5.91 Å². The molecule has 0 radical (unpaired) electrons. The molecule has 1 fully saturated rings. The second-order valence-electron chi connectivity index (χ2n) is 10.3. The first-order valence-corrected chi connectivity index (χ1v) is 15.6. The molecule has 2 heterocycles. The zero-order valence-corrected chi connectivity index (χ0v) is 26.5. The monoisotopic (exact) mass is 633 g/mol. The summed E-state index contributed by atoms with van der Waals surface area (Å²) in [7, 11) is 3.21. The van der Waals surface area contributed by atoms with Crippen LogP contribution in [0, 0.1) is 0 Å². The summed E-state index contributed by atoms with van der Waals surface area (Å²) in [5.74, 6) is 1.93. The van der Waals surface area contributed by atoms with Crippen LogP contribution in [-0.2, 0) is 17.8 Å². The van der Waals surface area contributed by atoms with E-state index in [9.17, 15) is 4.79 Å². The van der Waals surface area contributed by atoms with Crippen LogP contribution >= 0.6 is 24.0 Å². The SMILES string of the molecule is COc1ccc(CCN2C(=O)C(=Cc3cn(-c4ccccc4)nc3-c3cccc(OCc4ccccc4)c3)SC2=S)cc1OC. The van der Waals surface area contributed by atoms with E-state index in [2.05, 4.69) is 0 Å². The van der Waals surface area contributed by atoms with Crippen LogP contribution in [0.15, 0.2) is 114 Å². The highest BCUT2D eigenvalue weighted by Gasteiger charge is 2.32. The summed E-state index contributed by atoms with van der Waals surface area (Å²) in [5.41, 5.74) is 5.44. The van der Waals surface area contributed by atoms with Gasteiger partial charge in [-0.25, -0.2) is 4.68 Å². The van der Waals surface area contributed by atoms with E-state index in [0.29, 0.717) is 40.3 Å². The van der Waals surface area contributed by atoms with Crippen LogP contribution in [0.25, 0.3) is 23.0 Å². The van der Waals surface area contributed by atoms with E-state index in [1.165, 1.54) is 11.8 Å². The van der Waals surface area contributed by atoms with Gasteiger partial charge >= 0.3 is 0 Å². The van der Waals surface area contributed by atoms with Gasteiger partial charge in [0.05, 0.1) is 24.8 Å². The number of benzene rings is 4. The fraction of sp³-hybridized carbons (Fsp3) is 0.139. The maximum absolute atomic E-state index is 13.6. The van der Waals surface area contributed by atoms with Crippen LogP contribution in [0.4, 0.5) is 0 Å². The zero-order chi connectivity index (χ0) is 31.2. The lowest BCUT2D eigenvalue weighted by atomic mass is 10.1. The Hall–Kier alpha value is -4.86. The van der Waals surface area contributed by atoms with Crippen molar-refractivity contribution in [3.8, 4) is 34.2 Å². The van der Waals surface area contributed by atoms with E-state index in [-0.39, 0.29) is 5.91 Å². The van der Waals surface area contributed by atoms with Gasteiger partial charge in [-0.2, -0.15) is 5.10 Å². The molecule has 7 nitrogen and oxygen atoms in total. The minimum Gasteiger partial charge on any atom is -0.493 e. The molecule has 9 heteroatoms. The smallest absolute Gasteiger partial charge is 0.266 e. The van der Waals surface area contributed by atoms with Gasteiger partial charge in [-0.15, -0.1) is 0 Å². The van der Waals surface area contributed by atoms with Gasteiger partial charge in [-0.05, 0) is 60.0 Å². The van der Waals surface area contributed by atoms with E-state index in [1.54, 1.807) is 19.1 Å². The maximum atomic E-state index is 13.6. The Morgan fingerprint density at radius 2 is 1.60 bits per heavy atom. The second kappa shape index (κ2) is 13.8. The minimum atomic E-state index is -0.121. The van der Waals surface area contributed by atoms with Gasteiger partial charge in [0.15, 0.2) is 11.5 Å². The molecular weight excluding hydrogens is 603 g/mol. The summed E-state index contributed by atoms with van der Waals surface area (Å²) in [5, 5.41) is 4.95. The number of para-hydroxylation sites is 1. The number of hydrogen-bond acceptors (Lipinski definition) is 7. The third-order valence-corrected chi connectivity index (χ3v) is 8.73. The molecule has 0 unspecified atom stereocenters. The molecule has 6 rings (SSSR count). The average Bonchev–Trinajstić information content (AvgIpc) is 3.63. The quantitative estimate of drug-likeness (QED) is 0.110. The number of methoxy groups -OCH3 is 2. The van der Waals surface area contributed by atoms with Crippen LogP contribution in [0.5, 0.6) is 17.2 Å². The van der Waals surface area contributed by atoms with Crippen molar-refractivity contribution in [2.45, 2.75) is 13.0 Å². The number of amides is 1. The predicted octanol–water partition coefficient (Wildman–Crippen LogP) is 7.58. The summed E-state index contributed by atoms with van der Waals surface area (Å²) in [6.45, 7) is 0.913. The van der Waals surface area contributed by atoms with E-state index in [1.807, 2.05) is 120 Å². The standard InChI is InChI=1S/C36H31N3O4S2/c1-41-31-17-16-25(20-32(31)42-2)18-19-38-35(40)33(45-36(38)44)22-28-23-39(29-13-7-4-8-14-29)37-34(28)27-12-9-15-30(21-27)43-24-26-10-5-3-6-11-26/h3-17,20-23H,18-19,24H2,1-2H3. The number of hydrogen-bond donors (Lipinski definition) is 0. The van der Waals surface area contributed by atoms with Crippen molar-refractivity contribution in [2.75, 3.05) is 20.8 Å². The van der Waals surface area contributed by atoms with Crippen LogP contribution in [0.3, 0.4) is 0 Å². The number of ether oxygens (including phenoxy) is 3. The first-order valence-electron chi connectivity index (χ1n) is 14.4. The minimum absolute atomic E-state index is 0.121. The van der Waals surface area contributed by atoms with Gasteiger partial charge in [0.1, 0.15) is 22.4 Å². The molecule has 1 saturated heterocycles. The third kappa shape index (κ3) is 6.95. The first-order chi connectivity index (χ1) is 22.0. The normalized spacial score (nSPS) is 13.8. The Morgan fingerprint density at radius 3 is 2.36 bits per heavy atom. The summed E-state index contributed by atoms with van der Waals surface area (Å²) in [6.07, 6.45) is 4.44. The van der Waals surface area contributed by atoms with Crippen LogP contribution in [0.1, 0.15) is 16.7 Å². The molecule has 4 aromatic carbocycles. The van der Waals surface area contributed by atoms with E-state index >= 15 is 0 Å². The van der Waals surface area contributed by atoms with Crippen molar-refractivity contribution in [3.05, 3.63) is 131 Å². The molecule has 0 spiro atoms. The highest BCUT2D eigenvalue weighted by molar-refractivity contribution is 8.26. The lowest BCUT2D eigenvalue weighted by Gasteiger charge is -2.15. The van der Waals surface area contributed by atoms with Crippen molar-refractivity contribution in [1.29, 1.82) is 0 Å². The molecule has 226 valence electrons. The summed E-state index contributed by atoms with van der Waals surface area (Å²) in [4.78, 5) is 15.8. The maximum Gasteiger partial charge on any atom is 0.266 e. The molecule has 1 aliphatic rings. The molecule has 0 N–H and O–H groups in total. The number of carbonyl (C=O) groups excluding carboxylic acids is 1. The van der Waals surface area contributed by atoms with Crippen molar-refractivity contribution < 1.29 is 19.0 Å². The molecule has 1 amide bonds. The van der Waals surface area contributed by atoms with Gasteiger partial charge in [-0.1, -0.05) is 90.7 Å². The van der Waals surface area contributed by atoms with Crippen molar-refractivity contribution >= 4 is 40.3 Å². The summed E-state index contributed by atoms with van der Waals surface area (Å²) in [6, 6.07) is 33.6. The molecule has 1 aromatic heterocycles. The van der Waals surface area contributed by atoms with Crippen molar-refractivity contribution in [2.24, 2.45) is 0 Å². The lowest BCUT2D eigenvalue weighted by Crippen LogP contribution is -2.30.